The van der Waals surface area contributed by atoms with Crippen molar-refractivity contribution in [2.45, 2.75) is 26.4 Å². The second-order valence-corrected chi connectivity index (χ2v) is 4.54. The molecule has 2 aromatic heterocycles. The summed E-state index contributed by atoms with van der Waals surface area (Å²) in [6.45, 7) is 3.09. The van der Waals surface area contributed by atoms with E-state index in [2.05, 4.69) is 9.97 Å². The summed E-state index contributed by atoms with van der Waals surface area (Å²) < 4.78 is 8.02. The van der Waals surface area contributed by atoms with Crippen LogP contribution in [0.15, 0.2) is 9.59 Å². The first-order valence-corrected chi connectivity index (χ1v) is 6.45. The van der Waals surface area contributed by atoms with Gasteiger partial charge in [0.2, 0.25) is 0 Å². The predicted octanol–water partition coefficient (Wildman–Crippen LogP) is 0.605. The van der Waals surface area contributed by atoms with Gasteiger partial charge in [0.1, 0.15) is 11.2 Å². The van der Waals surface area contributed by atoms with Crippen LogP contribution in [0, 0.1) is 4.77 Å². The van der Waals surface area contributed by atoms with Gasteiger partial charge in [0.05, 0.1) is 0 Å². The van der Waals surface area contributed by atoms with Crippen molar-refractivity contribution in [1.29, 1.82) is 0 Å². The van der Waals surface area contributed by atoms with Crippen molar-refractivity contribution >= 4 is 23.4 Å². The lowest BCUT2D eigenvalue weighted by Gasteiger charge is -2.09. The van der Waals surface area contributed by atoms with Gasteiger partial charge in [-0.3, -0.25) is 13.9 Å². The number of nitrogens with one attached hydrogen (secondary N) is 2. The molecule has 8 heteroatoms. The lowest BCUT2D eigenvalue weighted by Crippen LogP contribution is -2.39. The molecule has 0 aromatic carbocycles. The number of aromatic nitrogens is 4. The van der Waals surface area contributed by atoms with E-state index < -0.39 is 0 Å². The molecule has 0 radical (unpaired) electrons. The first kappa shape index (κ1) is 13.8. The fraction of sp³-hybridized carbons (Fsp3) is 0.545. The van der Waals surface area contributed by atoms with Crippen LogP contribution in [0.4, 0.5) is 0 Å². The highest BCUT2D eigenvalue weighted by molar-refractivity contribution is 7.71. The van der Waals surface area contributed by atoms with Gasteiger partial charge in [0, 0.05) is 26.8 Å². The number of H-pyrrole nitrogens is 2. The van der Waals surface area contributed by atoms with Crippen molar-refractivity contribution in [3.8, 4) is 0 Å². The zero-order chi connectivity index (χ0) is 14.0. The zero-order valence-electron chi connectivity index (χ0n) is 10.9. The SMILES string of the molecule is CCn1c(=O)c2[nH]c(=S)[nH]c2n(CCCOC)c1=O. The van der Waals surface area contributed by atoms with Crippen molar-refractivity contribution in [1.82, 2.24) is 19.1 Å². The molecule has 0 saturated heterocycles. The van der Waals surface area contributed by atoms with Crippen LogP contribution in [0.3, 0.4) is 0 Å². The van der Waals surface area contributed by atoms with E-state index in [1.54, 1.807) is 14.0 Å². The van der Waals surface area contributed by atoms with E-state index in [-0.39, 0.29) is 11.2 Å². The molecular formula is C11H16N4O3S. The topological polar surface area (TPSA) is 84.8 Å². The smallest absolute Gasteiger partial charge is 0.332 e. The van der Waals surface area contributed by atoms with Crippen LogP contribution in [0.2, 0.25) is 0 Å². The maximum Gasteiger partial charge on any atom is 0.332 e. The average molecular weight is 284 g/mol. The number of aryl methyl sites for hydroxylation is 1. The highest BCUT2D eigenvalue weighted by Gasteiger charge is 2.13. The van der Waals surface area contributed by atoms with Crippen molar-refractivity contribution in [2.75, 3.05) is 13.7 Å². The number of rotatable bonds is 5. The maximum absolute atomic E-state index is 12.3. The Morgan fingerprint density at radius 3 is 2.63 bits per heavy atom. The highest BCUT2D eigenvalue weighted by atomic mass is 32.1. The van der Waals surface area contributed by atoms with Gasteiger partial charge in [0.25, 0.3) is 5.56 Å². The maximum atomic E-state index is 12.3. The fourth-order valence-corrected chi connectivity index (χ4v) is 2.25. The van der Waals surface area contributed by atoms with Crippen LogP contribution in [0.25, 0.3) is 11.2 Å². The predicted molar refractivity (Wildman–Crippen MR) is 74.2 cm³/mol. The van der Waals surface area contributed by atoms with E-state index in [0.29, 0.717) is 42.1 Å². The summed E-state index contributed by atoms with van der Waals surface area (Å²) in [5.74, 6) is 0. The number of hydrogen-bond donors (Lipinski definition) is 2. The molecule has 2 aromatic rings. The number of nitrogens with zero attached hydrogens (tertiary/aromatic N) is 2. The molecule has 0 bridgehead atoms. The van der Waals surface area contributed by atoms with Crippen molar-refractivity contribution < 1.29 is 4.74 Å². The van der Waals surface area contributed by atoms with Crippen LogP contribution >= 0.6 is 12.2 Å². The molecule has 0 aliphatic carbocycles. The van der Waals surface area contributed by atoms with Crippen molar-refractivity contribution in [2.24, 2.45) is 0 Å². The van der Waals surface area contributed by atoms with Gasteiger partial charge < -0.3 is 14.7 Å². The zero-order valence-corrected chi connectivity index (χ0v) is 11.7. The molecule has 0 saturated carbocycles. The fourth-order valence-electron chi connectivity index (χ4n) is 2.05. The monoisotopic (exact) mass is 284 g/mol. The molecule has 19 heavy (non-hydrogen) atoms. The number of aromatic amines is 2. The van der Waals surface area contributed by atoms with Gasteiger partial charge >= 0.3 is 5.69 Å². The third-order valence-electron chi connectivity index (χ3n) is 2.94. The molecule has 0 fully saturated rings. The lowest BCUT2D eigenvalue weighted by atomic mass is 10.4. The molecular weight excluding hydrogens is 268 g/mol. The molecule has 0 aliphatic heterocycles. The third-order valence-corrected chi connectivity index (χ3v) is 3.15. The molecule has 104 valence electrons. The second kappa shape index (κ2) is 5.54. The van der Waals surface area contributed by atoms with Gasteiger partial charge in [-0.2, -0.15) is 0 Å². The van der Waals surface area contributed by atoms with Gasteiger partial charge in [-0.25, -0.2) is 4.79 Å². The van der Waals surface area contributed by atoms with Gasteiger partial charge in [-0.15, -0.1) is 0 Å². The first-order valence-electron chi connectivity index (χ1n) is 6.04. The minimum Gasteiger partial charge on any atom is -0.385 e. The van der Waals surface area contributed by atoms with Crippen molar-refractivity contribution in [3.05, 3.63) is 25.6 Å². The summed E-state index contributed by atoms with van der Waals surface area (Å²) in [6, 6.07) is 0. The minimum absolute atomic E-state index is 0.323. The van der Waals surface area contributed by atoms with Gasteiger partial charge in [-0.1, -0.05) is 0 Å². The third kappa shape index (κ3) is 2.41. The number of hydrogen-bond acceptors (Lipinski definition) is 4. The Labute approximate surface area is 113 Å². The van der Waals surface area contributed by atoms with Crippen LogP contribution in [-0.2, 0) is 17.8 Å². The Balaban J connectivity index is 2.69. The summed E-state index contributed by atoms with van der Waals surface area (Å²) in [5, 5.41) is 0. The van der Waals surface area contributed by atoms with E-state index in [0.717, 1.165) is 0 Å². The Morgan fingerprint density at radius 2 is 2.00 bits per heavy atom. The van der Waals surface area contributed by atoms with Gasteiger partial charge in [0.15, 0.2) is 4.77 Å². The van der Waals surface area contributed by atoms with Crippen molar-refractivity contribution in [3.63, 3.8) is 0 Å². The van der Waals surface area contributed by atoms with Crippen LogP contribution in [0.1, 0.15) is 13.3 Å². The summed E-state index contributed by atoms with van der Waals surface area (Å²) in [4.78, 5) is 30.0. The number of ether oxygens (including phenoxy) is 1. The Hall–Kier alpha value is -1.67. The Bertz CT molecular complexity index is 752. The Morgan fingerprint density at radius 1 is 1.26 bits per heavy atom. The van der Waals surface area contributed by atoms with Crippen LogP contribution in [0.5, 0.6) is 0 Å². The van der Waals surface area contributed by atoms with Crippen LogP contribution < -0.4 is 11.2 Å². The molecule has 2 rings (SSSR count). The number of imidazole rings is 1. The van der Waals surface area contributed by atoms with E-state index in [4.69, 9.17) is 17.0 Å². The van der Waals surface area contributed by atoms with E-state index in [9.17, 15) is 9.59 Å². The van der Waals surface area contributed by atoms with Crippen LogP contribution in [-0.4, -0.2) is 32.8 Å². The second-order valence-electron chi connectivity index (χ2n) is 4.13. The highest BCUT2D eigenvalue weighted by Crippen LogP contribution is 2.03. The molecule has 2 heterocycles. The summed E-state index contributed by atoms with van der Waals surface area (Å²) in [6.07, 6.45) is 0.680. The number of methoxy groups -OCH3 is 1. The minimum atomic E-state index is -0.349. The van der Waals surface area contributed by atoms with E-state index in [1.807, 2.05) is 0 Å². The molecule has 7 nitrogen and oxygen atoms in total. The molecule has 0 spiro atoms. The lowest BCUT2D eigenvalue weighted by molar-refractivity contribution is 0.190. The molecule has 0 unspecified atom stereocenters. The number of fused-ring (bicyclic) bond motifs is 1. The summed E-state index contributed by atoms with van der Waals surface area (Å²) in [5.41, 5.74) is 0.101. The molecule has 0 atom stereocenters. The van der Waals surface area contributed by atoms with Gasteiger partial charge in [-0.05, 0) is 25.6 Å². The standard InChI is InChI=1S/C11H16N4O3S/c1-3-14-9(16)7-8(13-10(19)12-7)15(11(14)17)5-4-6-18-2/h3-6H2,1-2H3,(H2,12,13,19). The van der Waals surface area contributed by atoms with E-state index in [1.165, 1.54) is 9.13 Å². The average Bonchev–Trinajstić information content (AvgIpc) is 2.76. The van der Waals surface area contributed by atoms with E-state index >= 15 is 0 Å². The molecule has 0 amide bonds. The largest absolute Gasteiger partial charge is 0.385 e. The Kier molecular flexibility index (Phi) is 4.01. The first-order chi connectivity index (χ1) is 9.10. The normalized spacial score (nSPS) is 11.3. The molecule has 2 N–H and O–H groups in total. The molecule has 0 aliphatic rings. The quantitative estimate of drug-likeness (QED) is 0.622. The summed E-state index contributed by atoms with van der Waals surface area (Å²) in [7, 11) is 1.61. The summed E-state index contributed by atoms with van der Waals surface area (Å²) >= 11 is 4.99.